The van der Waals surface area contributed by atoms with E-state index in [-0.39, 0.29) is 5.69 Å². The molecule has 0 radical (unpaired) electrons. The van der Waals surface area contributed by atoms with E-state index < -0.39 is 20.9 Å². The van der Waals surface area contributed by atoms with Gasteiger partial charge in [0, 0.05) is 16.7 Å². The Morgan fingerprint density at radius 3 is 2.75 bits per heavy atom. The Balaban J connectivity index is 2.41. The topological polar surface area (TPSA) is 68.3 Å². The molecule has 0 aliphatic carbocycles. The van der Waals surface area contributed by atoms with Crippen molar-refractivity contribution in [1.82, 2.24) is 4.98 Å². The highest BCUT2D eigenvalue weighted by molar-refractivity contribution is 9.10. The van der Waals surface area contributed by atoms with Crippen LogP contribution in [0.25, 0.3) is 0 Å². The van der Waals surface area contributed by atoms with Crippen LogP contribution < -0.4 is 9.46 Å². The van der Waals surface area contributed by atoms with Crippen molar-refractivity contribution in [2.75, 3.05) is 11.8 Å². The van der Waals surface area contributed by atoms with Crippen molar-refractivity contribution >= 4 is 31.6 Å². The number of halogens is 2. The lowest BCUT2D eigenvalue weighted by Crippen LogP contribution is -2.16. The lowest BCUT2D eigenvalue weighted by Gasteiger charge is -2.11. The molecule has 0 atom stereocenters. The van der Waals surface area contributed by atoms with E-state index in [4.69, 9.17) is 4.74 Å². The molecule has 1 heterocycles. The van der Waals surface area contributed by atoms with Gasteiger partial charge in [-0.2, -0.15) is 8.42 Å². The average molecular weight is 361 g/mol. The summed E-state index contributed by atoms with van der Waals surface area (Å²) in [5.74, 6) is -0.452. The van der Waals surface area contributed by atoms with Gasteiger partial charge in [0.25, 0.3) is 10.0 Å². The molecule has 0 saturated heterocycles. The number of anilines is 1. The summed E-state index contributed by atoms with van der Waals surface area (Å²) in [7, 11) is -2.65. The van der Waals surface area contributed by atoms with Gasteiger partial charge in [0.1, 0.15) is 5.75 Å². The number of hydrogen-bond donors (Lipinski definition) is 1. The van der Waals surface area contributed by atoms with Gasteiger partial charge in [-0.3, -0.25) is 4.72 Å². The summed E-state index contributed by atoms with van der Waals surface area (Å²) in [5.41, 5.74) is 0.231. The van der Waals surface area contributed by atoms with Crippen LogP contribution in [0.15, 0.2) is 46.0 Å². The maximum Gasteiger partial charge on any atom is 0.282 e. The molecule has 0 amide bonds. The normalized spacial score (nSPS) is 11.2. The van der Waals surface area contributed by atoms with E-state index >= 15 is 0 Å². The predicted octanol–water partition coefficient (Wildman–Crippen LogP) is 2.79. The Hall–Kier alpha value is -1.67. The predicted molar refractivity (Wildman–Crippen MR) is 75.7 cm³/mol. The zero-order chi connectivity index (χ0) is 14.8. The van der Waals surface area contributed by atoms with E-state index in [9.17, 15) is 12.8 Å². The summed E-state index contributed by atoms with van der Waals surface area (Å²) in [6.07, 6.45) is 1.21. The molecule has 1 N–H and O–H groups in total. The molecule has 5 nitrogen and oxygen atoms in total. The Morgan fingerprint density at radius 1 is 1.35 bits per heavy atom. The molecule has 1 aromatic carbocycles. The summed E-state index contributed by atoms with van der Waals surface area (Å²) >= 11 is 3.21. The van der Waals surface area contributed by atoms with Gasteiger partial charge >= 0.3 is 0 Å². The van der Waals surface area contributed by atoms with Crippen molar-refractivity contribution in [2.24, 2.45) is 0 Å². The molecule has 8 heteroatoms. The van der Waals surface area contributed by atoms with Gasteiger partial charge < -0.3 is 4.74 Å². The van der Waals surface area contributed by atoms with Crippen molar-refractivity contribution in [1.29, 1.82) is 0 Å². The first-order valence-corrected chi connectivity index (χ1v) is 7.68. The number of hydrogen-bond acceptors (Lipinski definition) is 4. The van der Waals surface area contributed by atoms with E-state index in [0.29, 0.717) is 10.2 Å². The zero-order valence-corrected chi connectivity index (χ0v) is 12.7. The van der Waals surface area contributed by atoms with Crippen molar-refractivity contribution in [2.45, 2.75) is 5.03 Å². The molecule has 20 heavy (non-hydrogen) atoms. The number of nitrogens with zero attached hydrogens (tertiary/aromatic N) is 1. The molecule has 0 saturated carbocycles. The number of benzene rings is 1. The summed E-state index contributed by atoms with van der Waals surface area (Å²) in [5, 5.41) is -0.658. The number of ether oxygens (including phenoxy) is 1. The van der Waals surface area contributed by atoms with Crippen LogP contribution in [0.4, 0.5) is 10.1 Å². The van der Waals surface area contributed by atoms with E-state index in [1.165, 1.54) is 25.4 Å². The van der Waals surface area contributed by atoms with Crippen molar-refractivity contribution in [3.8, 4) is 5.75 Å². The number of rotatable bonds is 4. The summed E-state index contributed by atoms with van der Waals surface area (Å²) in [6.45, 7) is 0. The lowest BCUT2D eigenvalue weighted by molar-refractivity contribution is 0.415. The van der Waals surface area contributed by atoms with Crippen LogP contribution in [0.2, 0.25) is 0 Å². The smallest absolute Gasteiger partial charge is 0.282 e. The summed E-state index contributed by atoms with van der Waals surface area (Å²) in [6, 6.07) is 7.09. The van der Waals surface area contributed by atoms with Crippen LogP contribution in [0.1, 0.15) is 0 Å². The van der Waals surface area contributed by atoms with Crippen LogP contribution in [0.5, 0.6) is 5.75 Å². The van der Waals surface area contributed by atoms with Gasteiger partial charge in [-0.25, -0.2) is 9.37 Å². The van der Waals surface area contributed by atoms with Crippen LogP contribution >= 0.6 is 15.9 Å². The molecule has 106 valence electrons. The molecule has 0 bridgehead atoms. The second-order valence-corrected chi connectivity index (χ2v) is 6.19. The number of methoxy groups -OCH3 is 1. The van der Waals surface area contributed by atoms with Gasteiger partial charge in [-0.15, -0.1) is 0 Å². The molecular weight excluding hydrogens is 351 g/mol. The largest absolute Gasteiger partial charge is 0.497 e. The number of pyridine rings is 1. The lowest BCUT2D eigenvalue weighted by atomic mass is 10.3. The Labute approximate surface area is 124 Å². The van der Waals surface area contributed by atoms with Gasteiger partial charge in [0.05, 0.1) is 12.8 Å². The molecule has 0 unspecified atom stereocenters. The van der Waals surface area contributed by atoms with Gasteiger partial charge in [0.15, 0.2) is 5.82 Å². The first kappa shape index (κ1) is 14.7. The molecule has 2 aromatic rings. The number of sulfonamides is 1. The Bertz CT molecular complexity index is 737. The van der Waals surface area contributed by atoms with Gasteiger partial charge in [-0.1, -0.05) is 0 Å². The standard InChI is InChI=1S/C12H10BrFN2O3S/c1-19-8-4-5-9(13)11(7-8)16-20(17,18)12-10(14)3-2-6-15-12/h2-7,16H,1H3. The maximum atomic E-state index is 13.5. The van der Waals surface area contributed by atoms with E-state index in [0.717, 1.165) is 6.07 Å². The van der Waals surface area contributed by atoms with Crippen LogP contribution in [-0.2, 0) is 10.0 Å². The zero-order valence-electron chi connectivity index (χ0n) is 10.3. The molecule has 1 aromatic heterocycles. The Morgan fingerprint density at radius 2 is 2.10 bits per heavy atom. The molecular formula is C12H10BrFN2O3S. The fourth-order valence-corrected chi connectivity index (χ4v) is 3.03. The summed E-state index contributed by atoms with van der Waals surface area (Å²) < 4.78 is 45.5. The minimum Gasteiger partial charge on any atom is -0.497 e. The van der Waals surface area contributed by atoms with Crippen molar-refractivity contribution < 1.29 is 17.5 Å². The molecule has 2 rings (SSSR count). The van der Waals surface area contributed by atoms with Gasteiger partial charge in [-0.05, 0) is 40.2 Å². The first-order valence-electron chi connectivity index (χ1n) is 5.41. The van der Waals surface area contributed by atoms with Crippen molar-refractivity contribution in [3.05, 3.63) is 46.8 Å². The second kappa shape index (κ2) is 5.76. The first-order chi connectivity index (χ1) is 9.44. The Kier molecular flexibility index (Phi) is 4.24. The van der Waals surface area contributed by atoms with Crippen LogP contribution in [-0.4, -0.2) is 20.5 Å². The van der Waals surface area contributed by atoms with Crippen molar-refractivity contribution in [3.63, 3.8) is 0 Å². The van der Waals surface area contributed by atoms with Crippen LogP contribution in [0.3, 0.4) is 0 Å². The SMILES string of the molecule is COc1ccc(Br)c(NS(=O)(=O)c2ncccc2F)c1. The third-order valence-corrected chi connectivity index (χ3v) is 4.39. The molecule has 0 spiro atoms. The van der Waals surface area contributed by atoms with E-state index in [2.05, 4.69) is 25.6 Å². The molecule has 0 aliphatic heterocycles. The quantitative estimate of drug-likeness (QED) is 0.909. The minimum absolute atomic E-state index is 0.231. The molecule has 0 aliphatic rings. The molecule has 0 fully saturated rings. The monoisotopic (exact) mass is 360 g/mol. The fourth-order valence-electron chi connectivity index (χ4n) is 1.47. The third-order valence-electron chi connectivity index (χ3n) is 2.40. The highest BCUT2D eigenvalue weighted by Crippen LogP contribution is 2.29. The third kappa shape index (κ3) is 3.07. The fraction of sp³-hybridized carbons (Fsp3) is 0.0833. The second-order valence-electron chi connectivity index (χ2n) is 3.74. The summed E-state index contributed by atoms with van der Waals surface area (Å²) in [4.78, 5) is 3.55. The van der Waals surface area contributed by atoms with Gasteiger partial charge in [0.2, 0.25) is 5.03 Å². The maximum absolute atomic E-state index is 13.5. The highest BCUT2D eigenvalue weighted by Gasteiger charge is 2.21. The number of aromatic nitrogens is 1. The minimum atomic E-state index is -4.11. The van der Waals surface area contributed by atoms with E-state index in [1.54, 1.807) is 12.1 Å². The average Bonchev–Trinajstić information content (AvgIpc) is 2.41. The van der Waals surface area contributed by atoms with E-state index in [1.807, 2.05) is 0 Å². The van der Waals surface area contributed by atoms with Crippen LogP contribution in [0, 0.1) is 5.82 Å². The number of nitrogens with one attached hydrogen (secondary N) is 1. The highest BCUT2D eigenvalue weighted by atomic mass is 79.9.